The summed E-state index contributed by atoms with van der Waals surface area (Å²) in [6.45, 7) is 6.87. The lowest BCUT2D eigenvalue weighted by molar-refractivity contribution is 0.0289. The Labute approximate surface area is 151 Å². The second-order valence-corrected chi connectivity index (χ2v) is 7.74. The number of hydrogen-bond acceptors (Lipinski definition) is 3. The van der Waals surface area contributed by atoms with Gasteiger partial charge in [0.15, 0.2) is 0 Å². The number of rotatable bonds is 2. The molecule has 130 valence electrons. The lowest BCUT2D eigenvalue weighted by Gasteiger charge is -2.24. The molecule has 1 aliphatic heterocycles. The van der Waals surface area contributed by atoms with Crippen LogP contribution in [0.1, 0.15) is 39.1 Å². The van der Waals surface area contributed by atoms with Crippen molar-refractivity contribution >= 4 is 40.3 Å². The summed E-state index contributed by atoms with van der Waals surface area (Å²) in [7, 11) is 0. The molecule has 1 unspecified atom stereocenters. The van der Waals surface area contributed by atoms with Crippen LogP contribution in [0.2, 0.25) is 5.02 Å². The van der Waals surface area contributed by atoms with Gasteiger partial charge in [-0.2, -0.15) is 0 Å². The van der Waals surface area contributed by atoms with Crippen molar-refractivity contribution in [1.29, 1.82) is 0 Å². The van der Waals surface area contributed by atoms with Crippen molar-refractivity contribution in [3.05, 3.63) is 29.0 Å². The van der Waals surface area contributed by atoms with Gasteiger partial charge in [-0.05, 0) is 45.4 Å². The van der Waals surface area contributed by atoms with Crippen LogP contribution in [0.5, 0.6) is 0 Å². The largest absolute Gasteiger partial charge is 0.444 e. The van der Waals surface area contributed by atoms with E-state index in [1.165, 1.54) is 0 Å². The van der Waals surface area contributed by atoms with Gasteiger partial charge in [0.05, 0.1) is 23.0 Å². The first-order valence-electron chi connectivity index (χ1n) is 7.99. The highest BCUT2D eigenvalue weighted by molar-refractivity contribution is 6.31. The highest BCUT2D eigenvalue weighted by Crippen LogP contribution is 2.30. The minimum atomic E-state index is -0.491. The minimum absolute atomic E-state index is 0.137. The van der Waals surface area contributed by atoms with Gasteiger partial charge in [0, 0.05) is 18.1 Å². The lowest BCUT2D eigenvalue weighted by Crippen LogP contribution is -2.35. The molecule has 2 aromatic rings. The molecule has 0 saturated carbocycles. The SMILES string of the molecule is CC(C)(C)OC(=O)N1CCC(n2c(CCl)nc3cc(Cl)ccc32)C1. The average Bonchev–Trinajstić information content (AvgIpc) is 3.08. The summed E-state index contributed by atoms with van der Waals surface area (Å²) in [5, 5.41) is 0.648. The molecule has 1 aromatic carbocycles. The number of hydrogen-bond donors (Lipinski definition) is 0. The van der Waals surface area contributed by atoms with Gasteiger partial charge in [0.1, 0.15) is 11.4 Å². The van der Waals surface area contributed by atoms with Crippen LogP contribution < -0.4 is 0 Å². The Morgan fingerprint density at radius 1 is 1.42 bits per heavy atom. The maximum Gasteiger partial charge on any atom is 0.410 e. The van der Waals surface area contributed by atoms with E-state index >= 15 is 0 Å². The van der Waals surface area contributed by atoms with Crippen molar-refractivity contribution in [1.82, 2.24) is 14.5 Å². The number of carbonyl (C=O) groups is 1. The molecule has 1 aliphatic rings. The van der Waals surface area contributed by atoms with E-state index in [-0.39, 0.29) is 12.1 Å². The van der Waals surface area contributed by atoms with Crippen LogP contribution in [0.4, 0.5) is 4.79 Å². The summed E-state index contributed by atoms with van der Waals surface area (Å²) < 4.78 is 7.59. The Morgan fingerprint density at radius 2 is 2.17 bits per heavy atom. The first-order valence-corrected chi connectivity index (χ1v) is 8.90. The van der Waals surface area contributed by atoms with Crippen LogP contribution in [0.25, 0.3) is 11.0 Å². The molecule has 2 heterocycles. The number of likely N-dealkylation sites (tertiary alicyclic amines) is 1. The standard InChI is InChI=1S/C17H21Cl2N3O2/c1-17(2,3)24-16(23)21-7-6-12(10-21)22-14-5-4-11(19)8-13(14)20-15(22)9-18/h4-5,8,12H,6-7,9-10H2,1-3H3. The third-order valence-electron chi connectivity index (χ3n) is 4.02. The van der Waals surface area contributed by atoms with Gasteiger partial charge in [0.2, 0.25) is 0 Å². The van der Waals surface area contributed by atoms with Crippen LogP contribution in [0, 0.1) is 0 Å². The molecule has 0 radical (unpaired) electrons. The summed E-state index contributed by atoms with van der Waals surface area (Å²) in [6, 6.07) is 5.78. The molecule has 0 bridgehead atoms. The molecule has 1 aromatic heterocycles. The topological polar surface area (TPSA) is 47.4 Å². The Bertz CT molecular complexity index is 767. The van der Waals surface area contributed by atoms with E-state index in [9.17, 15) is 4.79 Å². The fraction of sp³-hybridized carbons (Fsp3) is 0.529. The van der Waals surface area contributed by atoms with Gasteiger partial charge in [-0.3, -0.25) is 0 Å². The van der Waals surface area contributed by atoms with Gasteiger partial charge >= 0.3 is 6.09 Å². The number of halogens is 2. The fourth-order valence-electron chi connectivity index (χ4n) is 3.07. The Morgan fingerprint density at radius 3 is 2.83 bits per heavy atom. The first kappa shape index (κ1) is 17.4. The number of carbonyl (C=O) groups excluding carboxylic acids is 1. The van der Waals surface area contributed by atoms with Crippen molar-refractivity contribution in [3.8, 4) is 0 Å². The van der Waals surface area contributed by atoms with Crippen molar-refractivity contribution in [2.75, 3.05) is 13.1 Å². The van der Waals surface area contributed by atoms with Gasteiger partial charge < -0.3 is 14.2 Å². The second kappa shape index (κ2) is 6.45. The number of aromatic nitrogens is 2. The molecule has 7 heteroatoms. The van der Waals surface area contributed by atoms with E-state index in [0.717, 1.165) is 23.3 Å². The van der Waals surface area contributed by atoms with Gasteiger partial charge in [-0.1, -0.05) is 11.6 Å². The quantitative estimate of drug-likeness (QED) is 0.726. The third-order valence-corrected chi connectivity index (χ3v) is 4.50. The van der Waals surface area contributed by atoms with E-state index in [1.807, 2.05) is 39.0 Å². The number of amides is 1. The van der Waals surface area contributed by atoms with E-state index in [2.05, 4.69) is 9.55 Å². The number of nitrogens with zero attached hydrogens (tertiary/aromatic N) is 3. The molecular formula is C17H21Cl2N3O2. The van der Waals surface area contributed by atoms with Crippen LogP contribution in [0.15, 0.2) is 18.2 Å². The minimum Gasteiger partial charge on any atom is -0.444 e. The summed E-state index contributed by atoms with van der Waals surface area (Å²) in [5.41, 5.74) is 1.33. The van der Waals surface area contributed by atoms with Crippen molar-refractivity contribution in [2.24, 2.45) is 0 Å². The fourth-order valence-corrected chi connectivity index (χ4v) is 3.42. The molecule has 3 rings (SSSR count). The first-order chi connectivity index (χ1) is 11.3. The van der Waals surface area contributed by atoms with Crippen LogP contribution in [-0.4, -0.2) is 39.2 Å². The second-order valence-electron chi connectivity index (χ2n) is 7.03. The van der Waals surface area contributed by atoms with Crippen molar-refractivity contribution in [2.45, 2.75) is 44.7 Å². The third kappa shape index (κ3) is 3.47. The zero-order valence-corrected chi connectivity index (χ0v) is 15.6. The zero-order valence-electron chi connectivity index (χ0n) is 14.1. The van der Waals surface area contributed by atoms with E-state index < -0.39 is 5.60 Å². The molecule has 1 fully saturated rings. The van der Waals surface area contributed by atoms with Crippen LogP contribution >= 0.6 is 23.2 Å². The van der Waals surface area contributed by atoms with Crippen molar-refractivity contribution < 1.29 is 9.53 Å². The smallest absolute Gasteiger partial charge is 0.410 e. The number of benzene rings is 1. The van der Waals surface area contributed by atoms with Gasteiger partial charge in [0.25, 0.3) is 0 Å². The number of imidazole rings is 1. The maximum absolute atomic E-state index is 12.3. The molecule has 0 N–H and O–H groups in total. The predicted molar refractivity (Wildman–Crippen MR) is 95.8 cm³/mol. The van der Waals surface area contributed by atoms with Gasteiger partial charge in [-0.15, -0.1) is 11.6 Å². The lowest BCUT2D eigenvalue weighted by atomic mass is 10.2. The molecule has 24 heavy (non-hydrogen) atoms. The summed E-state index contributed by atoms with van der Waals surface area (Å²) in [5.74, 6) is 1.11. The average molecular weight is 370 g/mol. The summed E-state index contributed by atoms with van der Waals surface area (Å²) in [4.78, 5) is 18.6. The molecular weight excluding hydrogens is 349 g/mol. The predicted octanol–water partition coefficient (Wildman–Crippen LogP) is 4.61. The summed E-state index contributed by atoms with van der Waals surface area (Å²) in [6.07, 6.45) is 0.571. The Kier molecular flexibility index (Phi) is 4.67. The van der Waals surface area contributed by atoms with Gasteiger partial charge in [-0.25, -0.2) is 9.78 Å². The number of fused-ring (bicyclic) bond motifs is 1. The monoisotopic (exact) mass is 369 g/mol. The number of alkyl halides is 1. The highest BCUT2D eigenvalue weighted by atomic mass is 35.5. The molecule has 1 amide bonds. The summed E-state index contributed by atoms with van der Waals surface area (Å²) >= 11 is 12.1. The maximum atomic E-state index is 12.3. The molecule has 1 atom stereocenters. The van der Waals surface area contributed by atoms with E-state index in [0.29, 0.717) is 24.0 Å². The van der Waals surface area contributed by atoms with Crippen LogP contribution in [0.3, 0.4) is 0 Å². The number of ether oxygens (including phenoxy) is 1. The Hall–Kier alpha value is -1.46. The molecule has 0 spiro atoms. The Balaban J connectivity index is 1.86. The molecule has 0 aliphatic carbocycles. The highest BCUT2D eigenvalue weighted by Gasteiger charge is 2.32. The van der Waals surface area contributed by atoms with Crippen LogP contribution in [-0.2, 0) is 10.6 Å². The van der Waals surface area contributed by atoms with Crippen molar-refractivity contribution in [3.63, 3.8) is 0 Å². The normalized spacial score (nSPS) is 18.4. The zero-order chi connectivity index (χ0) is 17.5. The molecule has 1 saturated heterocycles. The van der Waals surface area contributed by atoms with E-state index in [1.54, 1.807) is 4.90 Å². The molecule has 5 nitrogen and oxygen atoms in total. The van der Waals surface area contributed by atoms with E-state index in [4.69, 9.17) is 27.9 Å².